The van der Waals surface area contributed by atoms with E-state index in [4.69, 9.17) is 13.9 Å². The Kier molecular flexibility index (Phi) is 5.92. The van der Waals surface area contributed by atoms with E-state index in [1.165, 1.54) is 7.11 Å². The van der Waals surface area contributed by atoms with E-state index in [2.05, 4.69) is 5.32 Å². The maximum absolute atomic E-state index is 13.0. The van der Waals surface area contributed by atoms with Gasteiger partial charge in [-0.1, -0.05) is 12.1 Å². The van der Waals surface area contributed by atoms with Crippen molar-refractivity contribution in [2.75, 3.05) is 25.6 Å². The molecule has 0 saturated heterocycles. The monoisotopic (exact) mass is 410 g/mol. The van der Waals surface area contributed by atoms with Crippen LogP contribution in [0.25, 0.3) is 11.1 Å². The number of nitrogens with zero attached hydrogens (tertiary/aromatic N) is 1. The molecule has 154 valence electrons. The minimum Gasteiger partial charge on any atom is -0.489 e. The molecular formula is C19H17F3N2O5. The molecule has 0 aliphatic rings. The minimum absolute atomic E-state index is 0.0489. The Bertz CT molecular complexity index is 1070. The van der Waals surface area contributed by atoms with Crippen molar-refractivity contribution in [3.8, 4) is 5.75 Å². The molecule has 0 aliphatic carbocycles. The summed E-state index contributed by atoms with van der Waals surface area (Å²) in [5, 5.41) is 2.37. The summed E-state index contributed by atoms with van der Waals surface area (Å²) in [5.74, 6) is -1.41. The van der Waals surface area contributed by atoms with E-state index in [0.29, 0.717) is 11.1 Å². The molecule has 3 aromatic rings. The van der Waals surface area contributed by atoms with E-state index in [1.54, 1.807) is 24.3 Å². The molecule has 2 aromatic carbocycles. The highest BCUT2D eigenvalue weighted by Crippen LogP contribution is 2.35. The van der Waals surface area contributed by atoms with Gasteiger partial charge in [0.1, 0.15) is 18.9 Å². The molecule has 0 fully saturated rings. The first-order chi connectivity index (χ1) is 13.8. The third-order valence-electron chi connectivity index (χ3n) is 4.00. The molecule has 29 heavy (non-hydrogen) atoms. The van der Waals surface area contributed by atoms with Gasteiger partial charge in [0, 0.05) is 7.11 Å². The highest BCUT2D eigenvalue weighted by atomic mass is 19.4. The Morgan fingerprint density at radius 3 is 2.66 bits per heavy atom. The van der Waals surface area contributed by atoms with Crippen molar-refractivity contribution < 1.29 is 31.9 Å². The van der Waals surface area contributed by atoms with Crippen molar-refractivity contribution in [1.82, 2.24) is 4.57 Å². The molecule has 0 bridgehead atoms. The van der Waals surface area contributed by atoms with Gasteiger partial charge in [0.15, 0.2) is 5.58 Å². The maximum atomic E-state index is 13.0. The summed E-state index contributed by atoms with van der Waals surface area (Å²) in [5.41, 5.74) is -0.416. The zero-order valence-electron chi connectivity index (χ0n) is 15.3. The van der Waals surface area contributed by atoms with Crippen LogP contribution in [0.3, 0.4) is 0 Å². The van der Waals surface area contributed by atoms with Crippen molar-refractivity contribution in [2.24, 2.45) is 0 Å². The molecule has 7 nitrogen and oxygen atoms in total. The number of benzene rings is 2. The van der Waals surface area contributed by atoms with Gasteiger partial charge in [-0.2, -0.15) is 13.2 Å². The number of oxazole rings is 1. The van der Waals surface area contributed by atoms with E-state index in [1.807, 2.05) is 0 Å². The second-order valence-electron chi connectivity index (χ2n) is 6.02. The molecule has 1 heterocycles. The molecule has 1 aromatic heterocycles. The lowest BCUT2D eigenvalue weighted by Crippen LogP contribution is -2.25. The molecule has 10 heteroatoms. The molecule has 0 atom stereocenters. The maximum Gasteiger partial charge on any atom is 0.420 e. The second kappa shape index (κ2) is 8.39. The van der Waals surface area contributed by atoms with Gasteiger partial charge in [0.25, 0.3) is 0 Å². The second-order valence-corrected chi connectivity index (χ2v) is 6.02. The normalized spacial score (nSPS) is 11.6. The van der Waals surface area contributed by atoms with Crippen LogP contribution < -0.4 is 15.8 Å². The summed E-state index contributed by atoms with van der Waals surface area (Å²) in [7, 11) is 1.45. The molecular weight excluding hydrogens is 393 g/mol. The summed E-state index contributed by atoms with van der Waals surface area (Å²) < 4.78 is 55.5. The summed E-state index contributed by atoms with van der Waals surface area (Å²) >= 11 is 0. The quantitative estimate of drug-likeness (QED) is 0.605. The number of hydrogen-bond acceptors (Lipinski definition) is 5. The van der Waals surface area contributed by atoms with Crippen molar-refractivity contribution in [2.45, 2.75) is 12.7 Å². The molecule has 3 rings (SSSR count). The number of halogens is 3. The van der Waals surface area contributed by atoms with Crippen LogP contribution in [0.1, 0.15) is 5.56 Å². The molecule has 0 unspecified atom stereocenters. The molecule has 0 saturated carbocycles. The van der Waals surface area contributed by atoms with E-state index < -0.39 is 29.9 Å². The third-order valence-corrected chi connectivity index (χ3v) is 4.00. The number of aromatic nitrogens is 1. The lowest BCUT2D eigenvalue weighted by atomic mass is 10.1. The average Bonchev–Trinajstić information content (AvgIpc) is 2.97. The van der Waals surface area contributed by atoms with Crippen LogP contribution >= 0.6 is 0 Å². The molecule has 1 N–H and O–H groups in total. The number of rotatable bonds is 7. The number of fused-ring (bicyclic) bond motifs is 1. The number of nitrogens with one attached hydrogen (secondary N) is 1. The predicted molar refractivity (Wildman–Crippen MR) is 97.9 cm³/mol. The molecule has 1 amide bonds. The highest BCUT2D eigenvalue weighted by molar-refractivity contribution is 5.93. The number of alkyl halides is 3. The first-order valence-electron chi connectivity index (χ1n) is 8.51. The number of hydrogen-bond donors (Lipinski definition) is 1. The Balaban J connectivity index is 1.85. The van der Waals surface area contributed by atoms with E-state index >= 15 is 0 Å². The minimum atomic E-state index is -4.60. The molecule has 0 radical (unpaired) electrons. The van der Waals surface area contributed by atoms with Gasteiger partial charge in [-0.05, 0) is 30.3 Å². The fourth-order valence-corrected chi connectivity index (χ4v) is 2.66. The number of ether oxygens (including phenoxy) is 2. The molecule has 0 spiro atoms. The number of methoxy groups -OCH3 is 1. The van der Waals surface area contributed by atoms with Crippen LogP contribution in [0.2, 0.25) is 0 Å². The molecule has 0 aliphatic heterocycles. The fourth-order valence-electron chi connectivity index (χ4n) is 2.66. The van der Waals surface area contributed by atoms with Crippen molar-refractivity contribution in [3.05, 3.63) is 58.6 Å². The number of anilines is 1. The number of carbonyl (C=O) groups is 1. The predicted octanol–water partition coefficient (Wildman–Crippen LogP) is 3.28. The summed E-state index contributed by atoms with van der Waals surface area (Å²) in [6.07, 6.45) is -4.60. The van der Waals surface area contributed by atoms with E-state index in [0.717, 1.165) is 22.8 Å². The van der Waals surface area contributed by atoms with Gasteiger partial charge in [0.2, 0.25) is 5.91 Å². The first kappa shape index (κ1) is 20.5. The Morgan fingerprint density at radius 1 is 1.17 bits per heavy atom. The highest BCUT2D eigenvalue weighted by Gasteiger charge is 2.31. The number of amides is 1. The van der Waals surface area contributed by atoms with E-state index in [-0.39, 0.29) is 24.7 Å². The standard InChI is InChI=1S/C19H17F3N2O5/c1-27-8-9-28-15-7-6-12(19(20,21)22)10-13(15)23-17(25)11-24-14-4-2-3-5-16(14)29-18(24)26/h2-7,10H,8-9,11H2,1H3,(H,23,25). The van der Waals surface area contributed by atoms with Gasteiger partial charge < -0.3 is 19.2 Å². The van der Waals surface area contributed by atoms with Crippen LogP contribution in [0.5, 0.6) is 5.75 Å². The fraction of sp³-hybridized carbons (Fsp3) is 0.263. The van der Waals surface area contributed by atoms with Crippen molar-refractivity contribution in [1.29, 1.82) is 0 Å². The van der Waals surface area contributed by atoms with Gasteiger partial charge in [-0.25, -0.2) is 4.79 Å². The Labute approximate surface area is 162 Å². The SMILES string of the molecule is COCCOc1ccc(C(F)(F)F)cc1NC(=O)Cn1c(=O)oc2ccccc21. The summed E-state index contributed by atoms with van der Waals surface area (Å²) in [6, 6.07) is 9.24. The smallest absolute Gasteiger partial charge is 0.420 e. The van der Waals surface area contributed by atoms with Crippen molar-refractivity contribution in [3.63, 3.8) is 0 Å². The zero-order chi connectivity index (χ0) is 21.0. The first-order valence-corrected chi connectivity index (χ1v) is 8.51. The van der Waals surface area contributed by atoms with E-state index in [9.17, 15) is 22.8 Å². The third kappa shape index (κ3) is 4.77. The average molecular weight is 410 g/mol. The largest absolute Gasteiger partial charge is 0.489 e. The Morgan fingerprint density at radius 2 is 1.93 bits per heavy atom. The number of para-hydroxylation sites is 2. The van der Waals surface area contributed by atoms with Gasteiger partial charge in [0.05, 0.1) is 23.4 Å². The van der Waals surface area contributed by atoms with Crippen LogP contribution in [0.4, 0.5) is 18.9 Å². The van der Waals surface area contributed by atoms with Crippen LogP contribution in [0.15, 0.2) is 51.7 Å². The lowest BCUT2D eigenvalue weighted by Gasteiger charge is -2.15. The van der Waals surface area contributed by atoms with Gasteiger partial charge in [-0.3, -0.25) is 9.36 Å². The van der Waals surface area contributed by atoms with Crippen LogP contribution in [-0.4, -0.2) is 30.8 Å². The topological polar surface area (TPSA) is 82.7 Å². The van der Waals surface area contributed by atoms with Gasteiger partial charge >= 0.3 is 11.9 Å². The number of carbonyl (C=O) groups excluding carboxylic acids is 1. The van der Waals surface area contributed by atoms with Crippen LogP contribution in [-0.2, 0) is 22.3 Å². The summed E-state index contributed by atoms with van der Waals surface area (Å²) in [6.45, 7) is -0.148. The lowest BCUT2D eigenvalue weighted by molar-refractivity contribution is -0.137. The van der Waals surface area contributed by atoms with Crippen molar-refractivity contribution >= 4 is 22.7 Å². The summed E-state index contributed by atoms with van der Waals surface area (Å²) in [4.78, 5) is 24.4. The van der Waals surface area contributed by atoms with Gasteiger partial charge in [-0.15, -0.1) is 0 Å². The van der Waals surface area contributed by atoms with Crippen LogP contribution in [0, 0.1) is 0 Å². The zero-order valence-corrected chi connectivity index (χ0v) is 15.3. The Hall–Kier alpha value is -3.27.